The van der Waals surface area contributed by atoms with E-state index in [9.17, 15) is 14.0 Å². The molecule has 18 heavy (non-hydrogen) atoms. The summed E-state index contributed by atoms with van der Waals surface area (Å²) in [6.45, 7) is 0.418. The molecule has 2 N–H and O–H groups in total. The second-order valence-corrected chi connectivity index (χ2v) is 4.20. The number of halogens is 1. The van der Waals surface area contributed by atoms with Crippen LogP contribution in [0.5, 0.6) is 0 Å². The standard InChI is InChI=1S/C12H13FN2O3/c13-9-1-3-10(4-2-9)15-6-8(12(17)18)5-14-11(16)7-15/h1-4,8H,5-7H2,(H,14,16)(H,17,18). The van der Waals surface area contributed by atoms with E-state index in [1.54, 1.807) is 4.90 Å². The summed E-state index contributed by atoms with van der Waals surface area (Å²) in [6, 6.07) is 5.64. The number of hydrogen-bond acceptors (Lipinski definition) is 3. The molecule has 0 bridgehead atoms. The van der Waals surface area contributed by atoms with Crippen LogP contribution in [0.1, 0.15) is 0 Å². The third-order valence-electron chi connectivity index (χ3n) is 2.86. The first kappa shape index (κ1) is 12.3. The van der Waals surface area contributed by atoms with Gasteiger partial charge >= 0.3 is 5.97 Å². The summed E-state index contributed by atoms with van der Waals surface area (Å²) in [5, 5.41) is 11.6. The van der Waals surface area contributed by atoms with Crippen molar-refractivity contribution in [1.82, 2.24) is 5.32 Å². The van der Waals surface area contributed by atoms with E-state index in [1.807, 2.05) is 0 Å². The Bertz CT molecular complexity index is 461. The Morgan fingerprint density at radius 1 is 1.39 bits per heavy atom. The van der Waals surface area contributed by atoms with Crippen LogP contribution < -0.4 is 10.2 Å². The predicted molar refractivity (Wildman–Crippen MR) is 62.7 cm³/mol. The Morgan fingerprint density at radius 3 is 2.67 bits per heavy atom. The highest BCUT2D eigenvalue weighted by Crippen LogP contribution is 2.17. The van der Waals surface area contributed by atoms with E-state index in [0.717, 1.165) is 0 Å². The van der Waals surface area contributed by atoms with Gasteiger partial charge in [-0.25, -0.2) is 4.39 Å². The topological polar surface area (TPSA) is 69.6 Å². The highest BCUT2D eigenvalue weighted by atomic mass is 19.1. The molecule has 1 saturated heterocycles. The maximum atomic E-state index is 12.8. The molecule has 5 nitrogen and oxygen atoms in total. The first-order valence-corrected chi connectivity index (χ1v) is 5.56. The normalized spacial score (nSPS) is 20.2. The molecular formula is C12H13FN2O3. The summed E-state index contributed by atoms with van der Waals surface area (Å²) in [7, 11) is 0. The molecule has 1 aliphatic heterocycles. The molecule has 1 aromatic rings. The SMILES string of the molecule is O=C1CN(c2ccc(F)cc2)CC(C(=O)O)CN1. The number of nitrogens with one attached hydrogen (secondary N) is 1. The molecule has 1 fully saturated rings. The van der Waals surface area contributed by atoms with Crippen LogP contribution in [0.2, 0.25) is 0 Å². The number of hydrogen-bond donors (Lipinski definition) is 2. The molecule has 1 unspecified atom stereocenters. The maximum Gasteiger partial charge on any atom is 0.310 e. The Hall–Kier alpha value is -2.11. The fourth-order valence-electron chi connectivity index (χ4n) is 1.88. The number of carboxylic acids is 1. The van der Waals surface area contributed by atoms with Gasteiger partial charge in [-0.1, -0.05) is 0 Å². The minimum Gasteiger partial charge on any atom is -0.481 e. The van der Waals surface area contributed by atoms with Crippen LogP contribution in [-0.2, 0) is 9.59 Å². The fourth-order valence-corrected chi connectivity index (χ4v) is 1.88. The van der Waals surface area contributed by atoms with Gasteiger partial charge < -0.3 is 15.3 Å². The van der Waals surface area contributed by atoms with Crippen molar-refractivity contribution >= 4 is 17.6 Å². The first-order valence-electron chi connectivity index (χ1n) is 5.56. The van der Waals surface area contributed by atoms with Crippen molar-refractivity contribution in [1.29, 1.82) is 0 Å². The summed E-state index contributed by atoms with van der Waals surface area (Å²) < 4.78 is 12.8. The fraction of sp³-hybridized carbons (Fsp3) is 0.333. The van der Waals surface area contributed by atoms with Crippen LogP contribution in [-0.4, -0.2) is 36.6 Å². The monoisotopic (exact) mass is 252 g/mol. The molecule has 0 saturated carbocycles. The van der Waals surface area contributed by atoms with Crippen LogP contribution in [0.25, 0.3) is 0 Å². The van der Waals surface area contributed by atoms with Gasteiger partial charge in [0, 0.05) is 18.8 Å². The Balaban J connectivity index is 2.21. The molecule has 0 aromatic heterocycles. The van der Waals surface area contributed by atoms with Crippen LogP contribution in [0, 0.1) is 11.7 Å². The highest BCUT2D eigenvalue weighted by Gasteiger charge is 2.26. The van der Waals surface area contributed by atoms with Gasteiger partial charge in [-0.05, 0) is 24.3 Å². The number of aliphatic carboxylic acids is 1. The number of rotatable bonds is 2. The van der Waals surface area contributed by atoms with Crippen molar-refractivity contribution in [3.63, 3.8) is 0 Å². The predicted octanol–water partition coefficient (Wildman–Crippen LogP) is 0.463. The van der Waals surface area contributed by atoms with E-state index in [2.05, 4.69) is 5.32 Å². The number of anilines is 1. The minimum absolute atomic E-state index is 0.0788. The average Bonchev–Trinajstić information content (AvgIpc) is 2.52. The number of carbonyl (C=O) groups is 2. The molecule has 1 atom stereocenters. The lowest BCUT2D eigenvalue weighted by molar-refractivity contribution is -0.141. The van der Waals surface area contributed by atoms with Gasteiger partial charge in [-0.3, -0.25) is 9.59 Å². The largest absolute Gasteiger partial charge is 0.481 e. The van der Waals surface area contributed by atoms with Crippen molar-refractivity contribution in [3.05, 3.63) is 30.1 Å². The van der Waals surface area contributed by atoms with Crippen molar-refractivity contribution in [2.75, 3.05) is 24.5 Å². The lowest BCUT2D eigenvalue weighted by atomic mass is 10.1. The minimum atomic E-state index is -0.954. The maximum absolute atomic E-state index is 12.8. The Labute approximate surface area is 103 Å². The molecule has 0 radical (unpaired) electrons. The number of benzene rings is 1. The van der Waals surface area contributed by atoms with Crippen molar-refractivity contribution < 1.29 is 19.1 Å². The molecule has 1 aliphatic rings. The van der Waals surface area contributed by atoms with E-state index in [0.29, 0.717) is 5.69 Å². The molecular weight excluding hydrogens is 239 g/mol. The van der Waals surface area contributed by atoms with Gasteiger partial charge in [0.05, 0.1) is 12.5 Å². The smallest absolute Gasteiger partial charge is 0.310 e. The number of carbonyl (C=O) groups excluding carboxylic acids is 1. The summed E-state index contributed by atoms with van der Waals surface area (Å²) in [5.41, 5.74) is 0.639. The van der Waals surface area contributed by atoms with Gasteiger partial charge in [0.25, 0.3) is 0 Å². The summed E-state index contributed by atoms with van der Waals surface area (Å²) in [4.78, 5) is 24.1. The molecule has 1 heterocycles. The van der Waals surface area contributed by atoms with Crippen LogP contribution in [0.15, 0.2) is 24.3 Å². The average molecular weight is 252 g/mol. The van der Waals surface area contributed by atoms with E-state index in [1.165, 1.54) is 24.3 Å². The molecule has 1 aromatic carbocycles. The molecule has 6 heteroatoms. The zero-order valence-corrected chi connectivity index (χ0v) is 9.60. The van der Waals surface area contributed by atoms with Gasteiger partial charge in [0.15, 0.2) is 0 Å². The van der Waals surface area contributed by atoms with E-state index < -0.39 is 11.9 Å². The second kappa shape index (κ2) is 5.03. The quantitative estimate of drug-likeness (QED) is 0.802. The Morgan fingerprint density at radius 2 is 2.06 bits per heavy atom. The van der Waals surface area contributed by atoms with Gasteiger partial charge in [-0.15, -0.1) is 0 Å². The van der Waals surface area contributed by atoms with E-state index in [4.69, 9.17) is 5.11 Å². The highest BCUT2D eigenvalue weighted by molar-refractivity contribution is 5.83. The zero-order valence-electron chi connectivity index (χ0n) is 9.60. The van der Waals surface area contributed by atoms with E-state index >= 15 is 0 Å². The van der Waals surface area contributed by atoms with Crippen molar-refractivity contribution in [2.24, 2.45) is 5.92 Å². The van der Waals surface area contributed by atoms with Gasteiger partial charge in [0.1, 0.15) is 5.82 Å². The molecule has 0 aliphatic carbocycles. The van der Waals surface area contributed by atoms with Crippen molar-refractivity contribution in [2.45, 2.75) is 0 Å². The van der Waals surface area contributed by atoms with Gasteiger partial charge in [-0.2, -0.15) is 0 Å². The number of amides is 1. The lowest BCUT2D eigenvalue weighted by Crippen LogP contribution is -2.34. The van der Waals surface area contributed by atoms with Crippen molar-refractivity contribution in [3.8, 4) is 0 Å². The van der Waals surface area contributed by atoms with Crippen LogP contribution >= 0.6 is 0 Å². The molecule has 2 rings (SSSR count). The lowest BCUT2D eigenvalue weighted by Gasteiger charge is -2.23. The summed E-state index contributed by atoms with van der Waals surface area (Å²) in [5.74, 6) is -2.22. The zero-order chi connectivity index (χ0) is 13.1. The summed E-state index contributed by atoms with van der Waals surface area (Å²) in [6.07, 6.45) is 0. The second-order valence-electron chi connectivity index (χ2n) is 4.20. The third-order valence-corrected chi connectivity index (χ3v) is 2.86. The third kappa shape index (κ3) is 2.77. The van der Waals surface area contributed by atoms with E-state index in [-0.39, 0.29) is 31.4 Å². The summed E-state index contributed by atoms with van der Waals surface area (Å²) >= 11 is 0. The molecule has 0 spiro atoms. The first-order chi connectivity index (χ1) is 8.56. The van der Waals surface area contributed by atoms with Crippen LogP contribution in [0.3, 0.4) is 0 Å². The van der Waals surface area contributed by atoms with Crippen LogP contribution in [0.4, 0.5) is 10.1 Å². The molecule has 1 amide bonds. The number of nitrogens with zero attached hydrogens (tertiary/aromatic N) is 1. The molecule has 96 valence electrons. The van der Waals surface area contributed by atoms with Gasteiger partial charge in [0.2, 0.25) is 5.91 Å². The Kier molecular flexibility index (Phi) is 3.45. The number of carboxylic acid groups (broad SMARTS) is 1.